The number of hydrogen-bond donors (Lipinski definition) is 1. The second kappa shape index (κ2) is 10.5. The molecule has 3 saturated heterocycles. The third kappa shape index (κ3) is 4.21. The number of likely N-dealkylation sites (N-methyl/N-ethyl adjacent to an activating group) is 1. The first kappa shape index (κ1) is 28.9. The number of methoxy groups -OCH3 is 1. The number of carbonyl (C=O) groups excluding carboxylic acids is 3. The Morgan fingerprint density at radius 3 is 2.50 bits per heavy atom. The number of anilines is 2. The smallest absolute Gasteiger partial charge is 0.264 e. The highest BCUT2D eigenvalue weighted by Gasteiger charge is 2.66. The number of fused-ring (bicyclic) bond motifs is 2. The minimum Gasteiger partial charge on any atom is -0.497 e. The Kier molecular flexibility index (Phi) is 7.22. The third-order valence-corrected chi connectivity index (χ3v) is 14.8. The maximum Gasteiger partial charge on any atom is 0.264 e. The van der Waals surface area contributed by atoms with Gasteiger partial charge >= 0.3 is 0 Å². The first-order valence-electron chi connectivity index (χ1n) is 15.0. The van der Waals surface area contributed by atoms with Crippen LogP contribution in [0.25, 0.3) is 0 Å². The van der Waals surface area contributed by atoms with Gasteiger partial charge in [-0.2, -0.15) is 0 Å². The molecule has 10 heteroatoms. The van der Waals surface area contributed by atoms with Gasteiger partial charge in [0.05, 0.1) is 46.0 Å². The van der Waals surface area contributed by atoms with E-state index in [1.807, 2.05) is 30.3 Å². The lowest BCUT2D eigenvalue weighted by Gasteiger charge is -2.37. The molecule has 0 radical (unpaired) electrons. The van der Waals surface area contributed by atoms with E-state index in [-0.39, 0.29) is 48.3 Å². The Balaban J connectivity index is 1.44. The molecule has 2 aromatic carbocycles. The van der Waals surface area contributed by atoms with E-state index in [2.05, 4.69) is 32.2 Å². The number of likely N-dealkylation sites (tertiary alicyclic amines) is 1. The van der Waals surface area contributed by atoms with Crippen LogP contribution in [0.4, 0.5) is 11.4 Å². The fourth-order valence-corrected chi connectivity index (χ4v) is 12.0. The van der Waals surface area contributed by atoms with Crippen LogP contribution in [0.15, 0.2) is 42.5 Å². The molecular weight excluding hydrogens is 550 g/mol. The highest BCUT2D eigenvalue weighted by molar-refractivity contribution is 6.91. The van der Waals surface area contributed by atoms with Gasteiger partial charge < -0.3 is 29.3 Å². The van der Waals surface area contributed by atoms with E-state index in [1.165, 1.54) is 5.19 Å². The zero-order valence-corrected chi connectivity index (χ0v) is 26.1. The van der Waals surface area contributed by atoms with Crippen molar-refractivity contribution in [3.05, 3.63) is 48.0 Å². The molecular formula is C32H41N3O6Si. The lowest BCUT2D eigenvalue weighted by molar-refractivity contribution is -0.149. The normalized spacial score (nSPS) is 29.0. The van der Waals surface area contributed by atoms with Crippen LogP contribution in [0.3, 0.4) is 0 Å². The Labute approximate surface area is 248 Å². The largest absolute Gasteiger partial charge is 0.497 e. The van der Waals surface area contributed by atoms with Crippen LogP contribution in [-0.4, -0.2) is 81.8 Å². The van der Waals surface area contributed by atoms with Crippen molar-refractivity contribution in [1.82, 2.24) is 4.90 Å². The van der Waals surface area contributed by atoms with Crippen molar-refractivity contribution >= 4 is 42.4 Å². The molecule has 0 aromatic heterocycles. The van der Waals surface area contributed by atoms with Gasteiger partial charge in [-0.3, -0.25) is 14.4 Å². The number of nitrogens with zero attached hydrogens (tertiary/aromatic N) is 3. The van der Waals surface area contributed by atoms with E-state index in [1.54, 1.807) is 28.9 Å². The van der Waals surface area contributed by atoms with E-state index >= 15 is 0 Å². The molecule has 224 valence electrons. The molecule has 0 bridgehead atoms. The summed E-state index contributed by atoms with van der Waals surface area (Å²) in [5, 5.41) is 11.1. The summed E-state index contributed by atoms with van der Waals surface area (Å²) in [6.45, 7) is 7.91. The highest BCUT2D eigenvalue weighted by atomic mass is 28.3. The summed E-state index contributed by atoms with van der Waals surface area (Å²) in [7, 11) is 1.04. The number of rotatable bonds is 7. The molecule has 0 saturated carbocycles. The maximum absolute atomic E-state index is 14.3. The summed E-state index contributed by atoms with van der Waals surface area (Å²) < 4.78 is 12.4. The van der Waals surface area contributed by atoms with E-state index in [0.717, 1.165) is 35.5 Å². The summed E-state index contributed by atoms with van der Waals surface area (Å²) in [6, 6.07) is 13.7. The van der Waals surface area contributed by atoms with Gasteiger partial charge in [0.15, 0.2) is 5.60 Å². The minimum absolute atomic E-state index is 0.0377. The molecule has 0 aliphatic carbocycles. The van der Waals surface area contributed by atoms with Crippen molar-refractivity contribution in [2.45, 2.75) is 69.0 Å². The number of benzene rings is 2. The van der Waals surface area contributed by atoms with Crippen LogP contribution >= 0.6 is 0 Å². The Bertz CT molecular complexity index is 1410. The molecule has 3 amide bonds. The fourth-order valence-electron chi connectivity index (χ4n) is 8.01. The second-order valence-corrected chi connectivity index (χ2v) is 17.5. The first-order valence-corrected chi connectivity index (χ1v) is 18.1. The predicted octanol–water partition coefficient (Wildman–Crippen LogP) is 3.00. The number of carbonyl (C=O) groups is 3. The zero-order chi connectivity index (χ0) is 30.0. The Morgan fingerprint density at radius 2 is 1.88 bits per heavy atom. The van der Waals surface area contributed by atoms with Crippen molar-refractivity contribution in [2.24, 2.45) is 5.92 Å². The number of hydrogen-bond acceptors (Lipinski definition) is 6. The highest BCUT2D eigenvalue weighted by Crippen LogP contribution is 2.60. The van der Waals surface area contributed by atoms with Crippen molar-refractivity contribution in [2.75, 3.05) is 43.7 Å². The van der Waals surface area contributed by atoms with Crippen molar-refractivity contribution in [3.8, 4) is 5.75 Å². The molecule has 4 aliphatic rings. The molecule has 9 nitrogen and oxygen atoms in total. The fraction of sp³-hybridized carbons (Fsp3) is 0.531. The molecule has 0 unspecified atom stereocenters. The average molecular weight is 592 g/mol. The van der Waals surface area contributed by atoms with Crippen molar-refractivity contribution in [1.29, 1.82) is 0 Å². The van der Waals surface area contributed by atoms with E-state index < -0.39 is 19.8 Å². The van der Waals surface area contributed by atoms with Crippen LogP contribution in [0.2, 0.25) is 18.6 Å². The molecule has 4 aliphatic heterocycles. The topological polar surface area (TPSA) is 99.6 Å². The van der Waals surface area contributed by atoms with Gasteiger partial charge in [0.1, 0.15) is 5.75 Å². The second-order valence-electron chi connectivity index (χ2n) is 12.8. The SMILES string of the molecule is COc1ccc([Si](C)(C)[C@H]2[C@H](CC(=O)N3CCC[C@H]3CO)O[C@@]3(C(=O)N(C)c4ccc(N5CCC5=O)cc43)[C@@H]2C)cc1. The van der Waals surface area contributed by atoms with Crippen LogP contribution in [-0.2, 0) is 24.7 Å². The van der Waals surface area contributed by atoms with Crippen molar-refractivity contribution < 1.29 is 29.0 Å². The van der Waals surface area contributed by atoms with Crippen LogP contribution in [0.1, 0.15) is 38.2 Å². The average Bonchev–Trinajstić information content (AvgIpc) is 3.63. The molecule has 42 heavy (non-hydrogen) atoms. The lowest BCUT2D eigenvalue weighted by Crippen LogP contribution is -2.52. The minimum atomic E-state index is -2.38. The van der Waals surface area contributed by atoms with Crippen molar-refractivity contribution in [3.63, 3.8) is 0 Å². The van der Waals surface area contributed by atoms with Gasteiger partial charge in [0.2, 0.25) is 11.8 Å². The monoisotopic (exact) mass is 591 g/mol. The molecule has 6 rings (SSSR count). The van der Waals surface area contributed by atoms with Gasteiger partial charge in [0, 0.05) is 43.7 Å². The van der Waals surface area contributed by atoms with E-state index in [0.29, 0.717) is 19.5 Å². The van der Waals surface area contributed by atoms with Gasteiger partial charge in [-0.15, -0.1) is 0 Å². The summed E-state index contributed by atoms with van der Waals surface area (Å²) in [6.07, 6.45) is 1.84. The number of aliphatic hydroxyl groups excluding tert-OH is 1. The molecule has 2 aromatic rings. The molecule has 1 N–H and O–H groups in total. The number of ether oxygens (including phenoxy) is 2. The standard InChI is InChI=1S/C32H41N3O6Si/c1-20-30(42(4,5)24-11-9-23(40-3)10-12-24)27(18-29(38)34-15-6-7-22(34)19-36)41-32(20)25-17-21(35-16-14-28(35)37)8-13-26(25)33(2)31(32)39/h8-13,17,20,22,27,30,36H,6-7,14-16,18-19H2,1-5H3/t20-,22+,27+,30-,32+/m1/s1. The predicted molar refractivity (Wildman–Crippen MR) is 163 cm³/mol. The van der Waals surface area contributed by atoms with Gasteiger partial charge in [-0.05, 0) is 48.7 Å². The quantitative estimate of drug-likeness (QED) is 0.393. The zero-order valence-electron chi connectivity index (χ0n) is 25.1. The number of aliphatic hydroxyl groups is 1. The van der Waals surface area contributed by atoms with Gasteiger partial charge in [0.25, 0.3) is 5.91 Å². The maximum atomic E-state index is 14.3. The molecule has 3 fully saturated rings. The Morgan fingerprint density at radius 1 is 1.14 bits per heavy atom. The molecule has 4 heterocycles. The summed E-state index contributed by atoms with van der Waals surface area (Å²) in [4.78, 5) is 45.6. The Hall–Kier alpha value is -3.21. The van der Waals surface area contributed by atoms with E-state index in [9.17, 15) is 19.5 Å². The van der Waals surface area contributed by atoms with Crippen LogP contribution in [0.5, 0.6) is 5.75 Å². The number of β-lactam (4-membered cyclic amide) rings is 1. The molecule has 1 spiro atoms. The molecule has 5 atom stereocenters. The summed E-state index contributed by atoms with van der Waals surface area (Å²) in [5.41, 5.74) is 0.991. The summed E-state index contributed by atoms with van der Waals surface area (Å²) in [5.74, 6) is 0.446. The van der Waals surface area contributed by atoms with Gasteiger partial charge in [-0.25, -0.2) is 0 Å². The number of amides is 3. The van der Waals surface area contributed by atoms with Crippen LogP contribution < -0.4 is 19.7 Å². The lowest BCUT2D eigenvalue weighted by atomic mass is 9.82. The van der Waals surface area contributed by atoms with Gasteiger partial charge in [-0.1, -0.05) is 37.3 Å². The third-order valence-electron chi connectivity index (χ3n) is 10.4. The first-order chi connectivity index (χ1) is 20.0. The van der Waals surface area contributed by atoms with E-state index in [4.69, 9.17) is 9.47 Å². The van der Waals surface area contributed by atoms with Crippen LogP contribution in [0, 0.1) is 5.92 Å². The summed E-state index contributed by atoms with van der Waals surface area (Å²) >= 11 is 0.